The Kier molecular flexibility index (Phi) is 6.57. The highest BCUT2D eigenvalue weighted by molar-refractivity contribution is 5.89. The summed E-state index contributed by atoms with van der Waals surface area (Å²) in [5, 5.41) is 13.2. The number of carbonyl (C=O) groups excluding carboxylic acids is 1. The van der Waals surface area contributed by atoms with Crippen LogP contribution in [0, 0.1) is 17.2 Å². The second-order valence-electron chi connectivity index (χ2n) is 7.50. The molecule has 1 aromatic heterocycles. The normalized spacial score (nSPS) is 20.7. The maximum Gasteiger partial charge on any atom is 0.238 e. The number of rotatable bonds is 5. The van der Waals surface area contributed by atoms with Gasteiger partial charge in [-0.05, 0) is 36.0 Å². The summed E-state index contributed by atoms with van der Waals surface area (Å²) in [5.74, 6) is 0.610. The van der Waals surface area contributed by atoms with Crippen molar-refractivity contribution < 1.29 is 4.79 Å². The summed E-state index contributed by atoms with van der Waals surface area (Å²) in [7, 11) is 1.63. The second kappa shape index (κ2) is 9.30. The van der Waals surface area contributed by atoms with Gasteiger partial charge in [0.15, 0.2) is 0 Å². The summed E-state index contributed by atoms with van der Waals surface area (Å²) in [6.45, 7) is 4.13. The topological polar surface area (TPSA) is 107 Å². The Labute approximate surface area is 170 Å². The van der Waals surface area contributed by atoms with E-state index >= 15 is 0 Å². The lowest BCUT2D eigenvalue weighted by molar-refractivity contribution is -0.121. The molecule has 0 bridgehead atoms. The number of piperidine rings is 1. The molecule has 1 fully saturated rings. The van der Waals surface area contributed by atoms with Crippen molar-refractivity contribution in [2.24, 2.45) is 16.6 Å². The summed E-state index contributed by atoms with van der Waals surface area (Å²) in [6, 6.07) is 10.0. The van der Waals surface area contributed by atoms with Crippen LogP contribution in [0.25, 0.3) is 10.9 Å². The van der Waals surface area contributed by atoms with Gasteiger partial charge in [0, 0.05) is 44.1 Å². The molecule has 1 aliphatic rings. The molecule has 1 saturated heterocycles. The third kappa shape index (κ3) is 4.79. The molecule has 7 nitrogen and oxygen atoms in total. The van der Waals surface area contributed by atoms with Crippen LogP contribution >= 0.6 is 0 Å². The van der Waals surface area contributed by atoms with E-state index in [1.807, 2.05) is 24.3 Å². The maximum atomic E-state index is 12.4. The first-order valence-corrected chi connectivity index (χ1v) is 9.69. The average Bonchev–Trinajstić information content (AvgIpc) is 2.72. The molecule has 7 heteroatoms. The van der Waals surface area contributed by atoms with Crippen LogP contribution in [0.2, 0.25) is 0 Å². The van der Waals surface area contributed by atoms with Gasteiger partial charge in [-0.2, -0.15) is 5.26 Å². The number of nitrogens with zero attached hydrogens (tertiary/aromatic N) is 4. The van der Waals surface area contributed by atoms with Crippen LogP contribution in [-0.2, 0) is 4.79 Å². The Morgan fingerprint density at radius 1 is 1.45 bits per heavy atom. The molecule has 2 atom stereocenters. The van der Waals surface area contributed by atoms with E-state index in [-0.39, 0.29) is 11.8 Å². The molecule has 3 N–H and O–H groups in total. The monoisotopic (exact) mass is 390 g/mol. The second-order valence-corrected chi connectivity index (χ2v) is 7.50. The van der Waals surface area contributed by atoms with Crippen molar-refractivity contribution in [2.75, 3.05) is 26.7 Å². The van der Waals surface area contributed by atoms with Crippen molar-refractivity contribution in [2.45, 2.75) is 19.3 Å². The minimum absolute atomic E-state index is 0.110. The van der Waals surface area contributed by atoms with Crippen LogP contribution in [0.1, 0.15) is 30.4 Å². The van der Waals surface area contributed by atoms with Gasteiger partial charge in [-0.1, -0.05) is 19.1 Å². The molecule has 150 valence electrons. The number of amides is 1. The first-order chi connectivity index (χ1) is 14.0. The number of nitrogens with two attached hydrogens (primary N) is 1. The molecule has 0 aliphatic carbocycles. The third-order valence-corrected chi connectivity index (χ3v) is 5.20. The largest absolute Gasteiger partial charge is 0.403 e. The molecule has 2 heterocycles. The molecular weight excluding hydrogens is 364 g/mol. The van der Waals surface area contributed by atoms with Gasteiger partial charge in [0.25, 0.3) is 0 Å². The highest BCUT2D eigenvalue weighted by atomic mass is 16.2. The lowest BCUT2D eigenvalue weighted by atomic mass is 9.83. The van der Waals surface area contributed by atoms with Crippen LogP contribution < -0.4 is 11.1 Å². The van der Waals surface area contributed by atoms with Gasteiger partial charge >= 0.3 is 0 Å². The minimum Gasteiger partial charge on any atom is -0.403 e. The Morgan fingerprint density at radius 2 is 2.28 bits per heavy atom. The van der Waals surface area contributed by atoms with Gasteiger partial charge in [0.2, 0.25) is 5.91 Å². The molecule has 0 spiro atoms. The fraction of sp³-hybridized carbons (Fsp3) is 0.364. The van der Waals surface area contributed by atoms with Crippen molar-refractivity contribution in [3.63, 3.8) is 0 Å². The van der Waals surface area contributed by atoms with Crippen molar-refractivity contribution in [1.29, 1.82) is 5.26 Å². The molecule has 1 aromatic carbocycles. The predicted molar refractivity (Wildman–Crippen MR) is 114 cm³/mol. The van der Waals surface area contributed by atoms with Gasteiger partial charge in [0.05, 0.1) is 23.3 Å². The molecule has 29 heavy (non-hydrogen) atoms. The van der Waals surface area contributed by atoms with Crippen LogP contribution in [0.3, 0.4) is 0 Å². The minimum atomic E-state index is -0.110. The molecule has 3 rings (SSSR count). The number of carbonyl (C=O) groups is 1. The average molecular weight is 390 g/mol. The number of aliphatic imine (C=N–C) groups is 1. The number of nitrogens with one attached hydrogen (secondary N) is 1. The summed E-state index contributed by atoms with van der Waals surface area (Å²) >= 11 is 0. The highest BCUT2D eigenvalue weighted by Crippen LogP contribution is 2.34. The van der Waals surface area contributed by atoms with Gasteiger partial charge in [-0.15, -0.1) is 0 Å². The number of allylic oxidation sites excluding steroid dienone is 1. The van der Waals surface area contributed by atoms with E-state index in [1.165, 1.54) is 18.0 Å². The predicted octanol–water partition coefficient (Wildman–Crippen LogP) is 2.15. The summed E-state index contributed by atoms with van der Waals surface area (Å²) in [6.07, 6.45) is 5.61. The number of aromatic nitrogens is 1. The number of fused-ring (bicyclic) bond motifs is 1. The summed E-state index contributed by atoms with van der Waals surface area (Å²) in [5.41, 5.74) is 8.53. The molecule has 0 radical (unpaired) electrons. The lowest BCUT2D eigenvalue weighted by Crippen LogP contribution is -2.44. The van der Waals surface area contributed by atoms with E-state index in [0.29, 0.717) is 23.7 Å². The van der Waals surface area contributed by atoms with Crippen molar-refractivity contribution >= 4 is 23.0 Å². The lowest BCUT2D eigenvalue weighted by Gasteiger charge is -2.36. The zero-order chi connectivity index (χ0) is 20.8. The number of benzene rings is 1. The fourth-order valence-electron chi connectivity index (χ4n) is 4.12. The van der Waals surface area contributed by atoms with Gasteiger partial charge < -0.3 is 11.1 Å². The SMILES string of the molecule is CN=CC(=CN)NC(=O)CN1C[C@H](C)C[C@@H](c2ccc(C#N)c3ncccc23)C1. The van der Waals surface area contributed by atoms with E-state index in [2.05, 4.69) is 33.2 Å². The number of likely N-dealkylation sites (tertiary alicyclic amines) is 1. The van der Waals surface area contributed by atoms with Gasteiger partial charge in [-0.3, -0.25) is 19.7 Å². The Hall–Kier alpha value is -3.24. The first kappa shape index (κ1) is 20.5. The smallest absolute Gasteiger partial charge is 0.238 e. The van der Waals surface area contributed by atoms with E-state index in [9.17, 15) is 10.1 Å². The number of hydrogen-bond acceptors (Lipinski definition) is 6. The number of nitriles is 1. The zero-order valence-electron chi connectivity index (χ0n) is 16.8. The van der Waals surface area contributed by atoms with Crippen molar-refractivity contribution in [1.82, 2.24) is 15.2 Å². The molecule has 0 saturated carbocycles. The standard InChI is InChI=1S/C22H26N6O/c1-15-8-17(13-28(12-15)14-21(29)27-18(10-24)11-25-2)19-6-5-16(9-23)22-20(19)4-3-7-26-22/h3-7,10-11,15,17H,8,12-14,24H2,1-2H3,(H,27,29)/t15-,17-/m1/s1. The number of hydrogen-bond donors (Lipinski definition) is 2. The van der Waals surface area contributed by atoms with Crippen LogP contribution in [0.5, 0.6) is 0 Å². The molecular formula is C22H26N6O. The Balaban J connectivity index is 1.80. The third-order valence-electron chi connectivity index (χ3n) is 5.20. The van der Waals surface area contributed by atoms with Crippen LogP contribution in [0.4, 0.5) is 0 Å². The van der Waals surface area contributed by atoms with Crippen molar-refractivity contribution in [3.8, 4) is 6.07 Å². The molecule has 1 amide bonds. The van der Waals surface area contributed by atoms with E-state index in [0.717, 1.165) is 30.4 Å². The van der Waals surface area contributed by atoms with Crippen LogP contribution in [-0.4, -0.2) is 48.7 Å². The fourth-order valence-corrected chi connectivity index (χ4v) is 4.12. The van der Waals surface area contributed by atoms with E-state index in [4.69, 9.17) is 5.73 Å². The number of pyridine rings is 1. The van der Waals surface area contributed by atoms with Gasteiger partial charge in [0.1, 0.15) is 6.07 Å². The van der Waals surface area contributed by atoms with E-state index < -0.39 is 0 Å². The van der Waals surface area contributed by atoms with Crippen molar-refractivity contribution in [3.05, 3.63) is 53.5 Å². The molecule has 2 aromatic rings. The molecule has 0 unspecified atom stereocenters. The molecule has 1 aliphatic heterocycles. The Bertz CT molecular complexity index is 990. The van der Waals surface area contributed by atoms with Gasteiger partial charge in [-0.25, -0.2) is 0 Å². The van der Waals surface area contributed by atoms with E-state index in [1.54, 1.807) is 13.2 Å². The quantitative estimate of drug-likeness (QED) is 0.761. The highest BCUT2D eigenvalue weighted by Gasteiger charge is 2.28. The first-order valence-electron chi connectivity index (χ1n) is 9.69. The summed E-state index contributed by atoms with van der Waals surface area (Å²) in [4.78, 5) is 22.9. The van der Waals surface area contributed by atoms with Crippen LogP contribution in [0.15, 0.2) is 47.4 Å². The zero-order valence-corrected chi connectivity index (χ0v) is 16.8. The maximum absolute atomic E-state index is 12.4. The Morgan fingerprint density at radius 3 is 3.00 bits per heavy atom. The summed E-state index contributed by atoms with van der Waals surface area (Å²) < 4.78 is 0.